The Morgan fingerprint density at radius 1 is 1.37 bits per heavy atom. The molecule has 1 aromatic heterocycles. The number of halogens is 1. The molecule has 2 aromatic rings. The van der Waals surface area contributed by atoms with E-state index < -0.39 is 11.8 Å². The Hall–Kier alpha value is -1.66. The van der Waals surface area contributed by atoms with Crippen molar-refractivity contribution in [3.8, 4) is 0 Å². The molecule has 0 unspecified atom stereocenters. The molecule has 3 rings (SSSR count). The summed E-state index contributed by atoms with van der Waals surface area (Å²) >= 11 is 3.43. The molecule has 0 saturated heterocycles. The van der Waals surface area contributed by atoms with Gasteiger partial charge in [0.15, 0.2) is 0 Å². The van der Waals surface area contributed by atoms with Crippen molar-refractivity contribution in [2.24, 2.45) is 5.73 Å². The number of aromatic nitrogens is 1. The maximum atomic E-state index is 12.0. The number of carbonyl (C=O) groups is 2. The molecule has 1 aromatic carbocycles. The minimum absolute atomic E-state index is 0.570. The van der Waals surface area contributed by atoms with Crippen molar-refractivity contribution < 1.29 is 9.59 Å². The first kappa shape index (κ1) is 12.4. The van der Waals surface area contributed by atoms with Gasteiger partial charge in [-0.25, -0.2) is 0 Å². The van der Waals surface area contributed by atoms with Gasteiger partial charge in [0, 0.05) is 22.1 Å². The topological polar surface area (TPSA) is 77.1 Å². The first-order valence-electron chi connectivity index (χ1n) is 5.96. The molecular formula is C13H12BrN3O2. The molecule has 0 bridgehead atoms. The Morgan fingerprint density at radius 2 is 2.16 bits per heavy atom. The number of nitrogens with one attached hydrogen (secondary N) is 1. The van der Waals surface area contributed by atoms with E-state index in [0.717, 1.165) is 39.6 Å². The summed E-state index contributed by atoms with van der Waals surface area (Å²) in [6, 6.07) is 5.66. The lowest BCUT2D eigenvalue weighted by atomic mass is 10.1. The third kappa shape index (κ3) is 1.87. The van der Waals surface area contributed by atoms with Crippen LogP contribution in [0.4, 0.5) is 0 Å². The molecule has 1 aliphatic heterocycles. The summed E-state index contributed by atoms with van der Waals surface area (Å²) in [5.41, 5.74) is 7.83. The molecule has 1 aliphatic rings. The SMILES string of the molecule is NC(=O)C(=O)n1c2c(c3cc(Br)ccc31)CCNC2. The van der Waals surface area contributed by atoms with Crippen molar-refractivity contribution >= 4 is 38.6 Å². The second-order valence-corrected chi connectivity index (χ2v) is 5.43. The zero-order chi connectivity index (χ0) is 13.6. The van der Waals surface area contributed by atoms with Gasteiger partial charge in [-0.2, -0.15) is 0 Å². The number of fused-ring (bicyclic) bond motifs is 3. The van der Waals surface area contributed by atoms with Gasteiger partial charge in [0.25, 0.3) is 0 Å². The molecule has 3 N–H and O–H groups in total. The van der Waals surface area contributed by atoms with E-state index in [0.29, 0.717) is 6.54 Å². The van der Waals surface area contributed by atoms with Crippen LogP contribution in [-0.2, 0) is 17.8 Å². The summed E-state index contributed by atoms with van der Waals surface area (Å²) < 4.78 is 2.39. The fourth-order valence-electron chi connectivity index (χ4n) is 2.61. The molecule has 98 valence electrons. The second kappa shape index (κ2) is 4.47. The van der Waals surface area contributed by atoms with Gasteiger partial charge in [-0.3, -0.25) is 14.2 Å². The van der Waals surface area contributed by atoms with Crippen LogP contribution >= 0.6 is 15.9 Å². The molecule has 1 amide bonds. The average Bonchev–Trinajstić information content (AvgIpc) is 2.72. The van der Waals surface area contributed by atoms with Gasteiger partial charge in [0.05, 0.1) is 5.52 Å². The number of hydrogen-bond donors (Lipinski definition) is 2. The summed E-state index contributed by atoms with van der Waals surface area (Å²) in [4.78, 5) is 23.2. The maximum absolute atomic E-state index is 12.0. The number of carbonyl (C=O) groups excluding carboxylic acids is 2. The Balaban J connectivity index is 2.36. The zero-order valence-corrected chi connectivity index (χ0v) is 11.7. The lowest BCUT2D eigenvalue weighted by Crippen LogP contribution is -2.33. The highest BCUT2D eigenvalue weighted by atomic mass is 79.9. The minimum Gasteiger partial charge on any atom is -0.361 e. The summed E-state index contributed by atoms with van der Waals surface area (Å²) in [5, 5.41) is 4.21. The maximum Gasteiger partial charge on any atom is 0.320 e. The number of primary amides is 1. The van der Waals surface area contributed by atoms with E-state index in [2.05, 4.69) is 21.2 Å². The molecule has 0 atom stereocenters. The fourth-order valence-corrected chi connectivity index (χ4v) is 2.97. The van der Waals surface area contributed by atoms with E-state index in [4.69, 9.17) is 5.73 Å². The molecule has 2 heterocycles. The molecule has 0 aliphatic carbocycles. The van der Waals surface area contributed by atoms with E-state index in [1.807, 2.05) is 18.2 Å². The molecule has 0 fully saturated rings. The Kier molecular flexibility index (Phi) is 2.91. The second-order valence-electron chi connectivity index (χ2n) is 4.52. The lowest BCUT2D eigenvalue weighted by Gasteiger charge is -2.15. The van der Waals surface area contributed by atoms with E-state index in [1.165, 1.54) is 4.57 Å². The summed E-state index contributed by atoms with van der Waals surface area (Å²) in [7, 11) is 0. The van der Waals surface area contributed by atoms with Gasteiger partial charge < -0.3 is 11.1 Å². The Labute approximate surface area is 117 Å². The van der Waals surface area contributed by atoms with Crippen molar-refractivity contribution in [2.45, 2.75) is 13.0 Å². The van der Waals surface area contributed by atoms with Crippen LogP contribution < -0.4 is 11.1 Å². The molecule has 19 heavy (non-hydrogen) atoms. The molecule has 0 radical (unpaired) electrons. The normalized spacial score (nSPS) is 14.4. The molecular weight excluding hydrogens is 310 g/mol. The van der Waals surface area contributed by atoms with Crippen LogP contribution in [0.1, 0.15) is 16.1 Å². The smallest absolute Gasteiger partial charge is 0.320 e. The molecule has 6 heteroatoms. The van der Waals surface area contributed by atoms with Crippen LogP contribution in [0.3, 0.4) is 0 Å². The van der Waals surface area contributed by atoms with Crippen molar-refractivity contribution in [1.29, 1.82) is 0 Å². The average molecular weight is 322 g/mol. The monoisotopic (exact) mass is 321 g/mol. The number of benzene rings is 1. The number of nitrogens with two attached hydrogens (primary N) is 1. The largest absolute Gasteiger partial charge is 0.361 e. The highest BCUT2D eigenvalue weighted by molar-refractivity contribution is 9.10. The van der Waals surface area contributed by atoms with Crippen LogP contribution in [0.25, 0.3) is 10.9 Å². The van der Waals surface area contributed by atoms with Crippen molar-refractivity contribution in [3.05, 3.63) is 33.9 Å². The number of hydrogen-bond acceptors (Lipinski definition) is 3. The van der Waals surface area contributed by atoms with Gasteiger partial charge in [-0.1, -0.05) is 15.9 Å². The van der Waals surface area contributed by atoms with Gasteiger partial charge in [0.2, 0.25) is 0 Å². The van der Waals surface area contributed by atoms with Crippen LogP contribution in [0.5, 0.6) is 0 Å². The minimum atomic E-state index is -0.937. The van der Waals surface area contributed by atoms with E-state index >= 15 is 0 Å². The van der Waals surface area contributed by atoms with Crippen LogP contribution in [0, 0.1) is 0 Å². The molecule has 0 saturated carbocycles. The Bertz CT molecular complexity index is 705. The lowest BCUT2D eigenvalue weighted by molar-refractivity contribution is -0.114. The standard InChI is InChI=1S/C13H12BrN3O2/c14-7-1-2-10-9(5-7)8-3-4-16-6-11(8)17(10)13(19)12(15)18/h1-2,5,16H,3-4,6H2,(H2,15,18). The number of nitrogens with zero attached hydrogens (tertiary/aromatic N) is 1. The van der Waals surface area contributed by atoms with Gasteiger partial charge >= 0.3 is 11.8 Å². The van der Waals surface area contributed by atoms with Crippen LogP contribution in [0.15, 0.2) is 22.7 Å². The molecule has 5 nitrogen and oxygen atoms in total. The fraction of sp³-hybridized carbons (Fsp3) is 0.231. The van der Waals surface area contributed by atoms with Crippen LogP contribution in [-0.4, -0.2) is 22.9 Å². The first-order chi connectivity index (χ1) is 9.09. The summed E-state index contributed by atoms with van der Waals surface area (Å²) in [5.74, 6) is -1.62. The van der Waals surface area contributed by atoms with Crippen molar-refractivity contribution in [2.75, 3.05) is 6.54 Å². The van der Waals surface area contributed by atoms with E-state index in [1.54, 1.807) is 0 Å². The number of amides is 1. The summed E-state index contributed by atoms with van der Waals surface area (Å²) in [6.07, 6.45) is 0.835. The Morgan fingerprint density at radius 3 is 2.89 bits per heavy atom. The first-order valence-corrected chi connectivity index (χ1v) is 6.75. The highest BCUT2D eigenvalue weighted by Gasteiger charge is 2.25. The third-order valence-electron chi connectivity index (χ3n) is 3.40. The molecule has 0 spiro atoms. The van der Waals surface area contributed by atoms with Gasteiger partial charge in [-0.15, -0.1) is 0 Å². The van der Waals surface area contributed by atoms with Crippen molar-refractivity contribution in [3.63, 3.8) is 0 Å². The van der Waals surface area contributed by atoms with Gasteiger partial charge in [-0.05, 0) is 36.7 Å². The zero-order valence-electron chi connectivity index (χ0n) is 10.1. The van der Waals surface area contributed by atoms with E-state index in [-0.39, 0.29) is 0 Å². The summed E-state index contributed by atoms with van der Waals surface area (Å²) in [6.45, 7) is 1.43. The predicted octanol–water partition coefficient (Wildman–Crippen LogP) is 1.18. The quantitative estimate of drug-likeness (QED) is 0.715. The predicted molar refractivity (Wildman–Crippen MR) is 74.9 cm³/mol. The number of rotatable bonds is 0. The van der Waals surface area contributed by atoms with Crippen molar-refractivity contribution in [1.82, 2.24) is 9.88 Å². The third-order valence-corrected chi connectivity index (χ3v) is 3.89. The van der Waals surface area contributed by atoms with Gasteiger partial charge in [0.1, 0.15) is 0 Å². The van der Waals surface area contributed by atoms with E-state index in [9.17, 15) is 9.59 Å². The van der Waals surface area contributed by atoms with Crippen LogP contribution in [0.2, 0.25) is 0 Å². The highest BCUT2D eigenvalue weighted by Crippen LogP contribution is 2.30.